The highest BCUT2D eigenvalue weighted by Gasteiger charge is 2.16. The molecule has 0 saturated carbocycles. The van der Waals surface area contributed by atoms with Crippen LogP contribution in [0.25, 0.3) is 11.3 Å². The van der Waals surface area contributed by atoms with E-state index in [1.165, 1.54) is 0 Å². The Morgan fingerprint density at radius 3 is 2.50 bits per heavy atom. The Bertz CT molecular complexity index is 954. The third-order valence-corrected chi connectivity index (χ3v) is 4.46. The number of aromatic nitrogens is 1. The summed E-state index contributed by atoms with van der Waals surface area (Å²) in [5.74, 6) is 0.381. The minimum absolute atomic E-state index is 0.228. The van der Waals surface area contributed by atoms with E-state index in [0.29, 0.717) is 35.9 Å². The van der Waals surface area contributed by atoms with Crippen LogP contribution in [0, 0.1) is 0 Å². The van der Waals surface area contributed by atoms with Crippen LogP contribution in [-0.4, -0.2) is 29.8 Å². The second-order valence-electron chi connectivity index (χ2n) is 6.28. The molecule has 0 saturated heterocycles. The van der Waals surface area contributed by atoms with E-state index >= 15 is 0 Å². The molecule has 0 fully saturated rings. The number of ether oxygens (including phenoxy) is 2. The number of carbonyl (C=O) groups is 1. The molecule has 0 atom stereocenters. The van der Waals surface area contributed by atoms with Gasteiger partial charge in [-0.3, -0.25) is 4.98 Å². The molecule has 1 aromatic heterocycles. The molecule has 1 heterocycles. The summed E-state index contributed by atoms with van der Waals surface area (Å²) in [4.78, 5) is 16.3. The maximum absolute atomic E-state index is 11.7. The SMILES string of the molecule is CCOc1cc(OC)ccc1-c1ccc(C(=O)O)c(CCc2ccccc2)n1. The summed E-state index contributed by atoms with van der Waals surface area (Å²) in [5.41, 5.74) is 3.42. The van der Waals surface area contributed by atoms with Gasteiger partial charge >= 0.3 is 5.97 Å². The molecule has 3 aromatic rings. The summed E-state index contributed by atoms with van der Waals surface area (Å²) >= 11 is 0. The number of methoxy groups -OCH3 is 1. The maximum Gasteiger partial charge on any atom is 0.337 e. The number of carboxylic acids is 1. The average Bonchev–Trinajstić information content (AvgIpc) is 2.73. The zero-order valence-electron chi connectivity index (χ0n) is 16.0. The van der Waals surface area contributed by atoms with Gasteiger partial charge in [0.15, 0.2) is 0 Å². The normalized spacial score (nSPS) is 10.5. The highest BCUT2D eigenvalue weighted by Crippen LogP contribution is 2.33. The van der Waals surface area contributed by atoms with Crippen molar-refractivity contribution >= 4 is 5.97 Å². The lowest BCUT2D eigenvalue weighted by Crippen LogP contribution is -2.07. The molecule has 1 N–H and O–H groups in total. The summed E-state index contributed by atoms with van der Waals surface area (Å²) in [5, 5.41) is 9.55. The van der Waals surface area contributed by atoms with Crippen molar-refractivity contribution in [1.82, 2.24) is 4.98 Å². The van der Waals surface area contributed by atoms with Crippen molar-refractivity contribution in [3.63, 3.8) is 0 Å². The molecule has 2 aromatic carbocycles. The van der Waals surface area contributed by atoms with Gasteiger partial charge < -0.3 is 14.6 Å². The van der Waals surface area contributed by atoms with Gasteiger partial charge in [-0.2, -0.15) is 0 Å². The topological polar surface area (TPSA) is 68.7 Å². The number of benzene rings is 2. The quantitative estimate of drug-likeness (QED) is 0.619. The molecular formula is C23H23NO4. The summed E-state index contributed by atoms with van der Waals surface area (Å²) < 4.78 is 11.0. The van der Waals surface area contributed by atoms with E-state index in [-0.39, 0.29) is 5.56 Å². The molecule has 28 heavy (non-hydrogen) atoms. The molecule has 0 spiro atoms. The molecule has 3 rings (SSSR count). The molecular weight excluding hydrogens is 354 g/mol. The predicted octanol–water partition coefficient (Wildman–Crippen LogP) is 4.64. The zero-order valence-corrected chi connectivity index (χ0v) is 16.0. The molecule has 5 heteroatoms. The van der Waals surface area contributed by atoms with E-state index in [2.05, 4.69) is 4.98 Å². The van der Waals surface area contributed by atoms with Crippen LogP contribution in [0.4, 0.5) is 0 Å². The fourth-order valence-corrected chi connectivity index (χ4v) is 3.06. The van der Waals surface area contributed by atoms with Crippen LogP contribution >= 0.6 is 0 Å². The number of rotatable bonds is 8. The van der Waals surface area contributed by atoms with E-state index < -0.39 is 5.97 Å². The minimum Gasteiger partial charge on any atom is -0.497 e. The van der Waals surface area contributed by atoms with Crippen LogP contribution in [0.5, 0.6) is 11.5 Å². The second-order valence-corrected chi connectivity index (χ2v) is 6.28. The molecule has 144 valence electrons. The minimum atomic E-state index is -0.970. The first kappa shape index (κ1) is 19.4. The molecule has 0 aliphatic heterocycles. The monoisotopic (exact) mass is 377 g/mol. The second kappa shape index (κ2) is 9.04. The third-order valence-electron chi connectivity index (χ3n) is 4.46. The Balaban J connectivity index is 1.97. The van der Waals surface area contributed by atoms with Crippen LogP contribution in [0.1, 0.15) is 28.5 Å². The Morgan fingerprint density at radius 2 is 1.82 bits per heavy atom. The first-order chi connectivity index (χ1) is 13.6. The summed E-state index contributed by atoms with van der Waals surface area (Å²) in [6.45, 7) is 2.42. The van der Waals surface area contributed by atoms with E-state index in [4.69, 9.17) is 9.47 Å². The van der Waals surface area contributed by atoms with Gasteiger partial charge in [0.1, 0.15) is 11.5 Å². The van der Waals surface area contributed by atoms with Crippen LogP contribution in [0.3, 0.4) is 0 Å². The van der Waals surface area contributed by atoms with Crippen molar-refractivity contribution in [1.29, 1.82) is 0 Å². The van der Waals surface area contributed by atoms with Gasteiger partial charge in [-0.1, -0.05) is 30.3 Å². The number of hydrogen-bond donors (Lipinski definition) is 1. The van der Waals surface area contributed by atoms with Gasteiger partial charge in [0, 0.05) is 11.6 Å². The van der Waals surface area contributed by atoms with Crippen molar-refractivity contribution in [2.24, 2.45) is 0 Å². The van der Waals surface area contributed by atoms with Crippen molar-refractivity contribution in [3.8, 4) is 22.8 Å². The van der Waals surface area contributed by atoms with E-state index in [0.717, 1.165) is 17.5 Å². The van der Waals surface area contributed by atoms with E-state index in [9.17, 15) is 9.90 Å². The smallest absolute Gasteiger partial charge is 0.337 e. The van der Waals surface area contributed by atoms with Crippen molar-refractivity contribution in [2.45, 2.75) is 19.8 Å². The number of pyridine rings is 1. The first-order valence-corrected chi connectivity index (χ1v) is 9.20. The van der Waals surface area contributed by atoms with E-state index in [1.807, 2.05) is 55.5 Å². The Hall–Kier alpha value is -3.34. The molecule has 5 nitrogen and oxygen atoms in total. The summed E-state index contributed by atoms with van der Waals surface area (Å²) in [6, 6.07) is 18.8. The highest BCUT2D eigenvalue weighted by molar-refractivity contribution is 5.89. The molecule has 0 radical (unpaired) electrons. The van der Waals surface area contributed by atoms with Gasteiger partial charge in [-0.25, -0.2) is 4.79 Å². The Morgan fingerprint density at radius 1 is 1.04 bits per heavy atom. The predicted molar refractivity (Wildman–Crippen MR) is 108 cm³/mol. The number of aromatic carboxylic acids is 1. The molecule has 0 unspecified atom stereocenters. The standard InChI is InChI=1S/C23H23NO4/c1-3-28-22-15-17(27-2)10-11-18(22)20-14-12-19(23(25)26)21(24-20)13-9-16-7-5-4-6-8-16/h4-8,10-12,14-15H,3,9,13H2,1-2H3,(H,25,26). The van der Waals surface area contributed by atoms with Gasteiger partial charge in [0.25, 0.3) is 0 Å². The van der Waals surface area contributed by atoms with E-state index in [1.54, 1.807) is 19.2 Å². The van der Waals surface area contributed by atoms with Gasteiger partial charge in [0.2, 0.25) is 0 Å². The first-order valence-electron chi connectivity index (χ1n) is 9.20. The van der Waals surface area contributed by atoms with Crippen molar-refractivity contribution in [3.05, 3.63) is 77.5 Å². The number of nitrogens with zero attached hydrogens (tertiary/aromatic N) is 1. The Labute approximate surface area is 164 Å². The molecule has 0 amide bonds. The highest BCUT2D eigenvalue weighted by atomic mass is 16.5. The largest absolute Gasteiger partial charge is 0.497 e. The lowest BCUT2D eigenvalue weighted by Gasteiger charge is -2.13. The summed E-state index contributed by atoms with van der Waals surface area (Å²) in [6.07, 6.45) is 1.26. The zero-order chi connectivity index (χ0) is 19.9. The van der Waals surface area contributed by atoms with Crippen LogP contribution in [-0.2, 0) is 12.8 Å². The Kier molecular flexibility index (Phi) is 6.27. The van der Waals surface area contributed by atoms with Crippen molar-refractivity contribution in [2.75, 3.05) is 13.7 Å². The van der Waals surface area contributed by atoms with Gasteiger partial charge in [-0.15, -0.1) is 0 Å². The van der Waals surface area contributed by atoms with Crippen LogP contribution in [0.2, 0.25) is 0 Å². The van der Waals surface area contributed by atoms with Gasteiger partial charge in [0.05, 0.1) is 30.7 Å². The van der Waals surface area contributed by atoms with Crippen molar-refractivity contribution < 1.29 is 19.4 Å². The fraction of sp³-hybridized carbons (Fsp3) is 0.217. The number of hydrogen-bond acceptors (Lipinski definition) is 4. The lowest BCUT2D eigenvalue weighted by molar-refractivity contribution is 0.0695. The van der Waals surface area contributed by atoms with Crippen LogP contribution in [0.15, 0.2) is 60.7 Å². The fourth-order valence-electron chi connectivity index (χ4n) is 3.06. The lowest BCUT2D eigenvalue weighted by atomic mass is 10.0. The average molecular weight is 377 g/mol. The third kappa shape index (κ3) is 4.49. The number of carboxylic acid groups (broad SMARTS) is 1. The molecule has 0 aliphatic carbocycles. The molecule has 0 aliphatic rings. The van der Waals surface area contributed by atoms with Crippen LogP contribution < -0.4 is 9.47 Å². The van der Waals surface area contributed by atoms with Gasteiger partial charge in [-0.05, 0) is 49.6 Å². The number of aryl methyl sites for hydroxylation is 2. The molecule has 0 bridgehead atoms. The maximum atomic E-state index is 11.7. The summed E-state index contributed by atoms with van der Waals surface area (Å²) in [7, 11) is 1.60.